The molecule has 1 aromatic heterocycles. The van der Waals surface area contributed by atoms with Crippen LogP contribution in [0, 0.1) is 0 Å². The van der Waals surface area contributed by atoms with E-state index in [-0.39, 0.29) is 24.6 Å². The fourth-order valence-corrected chi connectivity index (χ4v) is 3.67. The smallest absolute Gasteiger partial charge is 0.415 e. The molecule has 0 spiro atoms. The van der Waals surface area contributed by atoms with E-state index in [4.69, 9.17) is 10.5 Å². The molecule has 2 heterocycles. The Morgan fingerprint density at radius 2 is 2.32 bits per heavy atom. The van der Waals surface area contributed by atoms with E-state index < -0.39 is 0 Å². The maximum atomic E-state index is 11.7. The number of rotatable bonds is 2. The third kappa shape index (κ3) is 2.58. The van der Waals surface area contributed by atoms with Crippen LogP contribution >= 0.6 is 39.7 Å². The molecule has 1 aromatic carbocycles. The molecule has 1 amide bonds. The van der Waals surface area contributed by atoms with Gasteiger partial charge in [0.2, 0.25) is 0 Å². The minimum Gasteiger partial charge on any atom is -0.443 e. The van der Waals surface area contributed by atoms with Crippen molar-refractivity contribution in [2.75, 3.05) is 18.0 Å². The SMILES string of the molecule is Cl.NC[C@@H]1CN(c2cc3c(Br)cccc3s2)C(=O)O1. The quantitative estimate of drug-likeness (QED) is 0.890. The first-order valence-electron chi connectivity index (χ1n) is 5.55. The summed E-state index contributed by atoms with van der Waals surface area (Å²) in [6, 6.07) is 8.02. The highest BCUT2D eigenvalue weighted by Crippen LogP contribution is 2.37. The number of cyclic esters (lactones) is 1. The molecule has 1 aliphatic heterocycles. The number of anilines is 1. The Hall–Kier alpha value is -0.820. The van der Waals surface area contributed by atoms with Gasteiger partial charge in [-0.05, 0) is 18.2 Å². The third-order valence-electron chi connectivity index (χ3n) is 2.90. The van der Waals surface area contributed by atoms with Gasteiger partial charge < -0.3 is 10.5 Å². The molecule has 19 heavy (non-hydrogen) atoms. The maximum absolute atomic E-state index is 11.7. The lowest BCUT2D eigenvalue weighted by atomic mass is 10.2. The molecule has 2 aromatic rings. The monoisotopic (exact) mass is 362 g/mol. The predicted molar refractivity (Wildman–Crippen MR) is 83.4 cm³/mol. The minimum atomic E-state index is -0.312. The fourth-order valence-electron chi connectivity index (χ4n) is 1.97. The van der Waals surface area contributed by atoms with Gasteiger partial charge in [0, 0.05) is 21.1 Å². The van der Waals surface area contributed by atoms with Crippen molar-refractivity contribution < 1.29 is 9.53 Å². The number of hydrogen-bond donors (Lipinski definition) is 1. The van der Waals surface area contributed by atoms with Crippen LogP contribution in [0.25, 0.3) is 10.1 Å². The van der Waals surface area contributed by atoms with Crippen LogP contribution in [-0.2, 0) is 4.74 Å². The van der Waals surface area contributed by atoms with Crippen LogP contribution in [0.2, 0.25) is 0 Å². The highest BCUT2D eigenvalue weighted by Gasteiger charge is 2.32. The summed E-state index contributed by atoms with van der Waals surface area (Å²) in [7, 11) is 0. The van der Waals surface area contributed by atoms with E-state index in [1.165, 1.54) is 0 Å². The molecule has 0 radical (unpaired) electrons. The zero-order valence-electron chi connectivity index (χ0n) is 9.84. The summed E-state index contributed by atoms with van der Waals surface area (Å²) in [5.74, 6) is 0. The normalized spacial score (nSPS) is 18.5. The first kappa shape index (κ1) is 14.6. The average molecular weight is 364 g/mol. The molecule has 2 N–H and O–H groups in total. The molecular formula is C12H12BrClN2O2S. The van der Waals surface area contributed by atoms with Crippen LogP contribution in [0.1, 0.15) is 0 Å². The van der Waals surface area contributed by atoms with Crippen molar-refractivity contribution in [3.63, 3.8) is 0 Å². The number of ether oxygens (including phenoxy) is 1. The van der Waals surface area contributed by atoms with Gasteiger partial charge in [0.1, 0.15) is 11.1 Å². The van der Waals surface area contributed by atoms with Gasteiger partial charge in [-0.15, -0.1) is 23.7 Å². The van der Waals surface area contributed by atoms with Crippen LogP contribution in [-0.4, -0.2) is 25.3 Å². The van der Waals surface area contributed by atoms with Gasteiger partial charge in [0.15, 0.2) is 0 Å². The van der Waals surface area contributed by atoms with E-state index >= 15 is 0 Å². The molecule has 1 aliphatic rings. The lowest BCUT2D eigenvalue weighted by Crippen LogP contribution is -2.26. The highest BCUT2D eigenvalue weighted by atomic mass is 79.9. The molecule has 1 fully saturated rings. The van der Waals surface area contributed by atoms with Crippen molar-refractivity contribution in [3.05, 3.63) is 28.7 Å². The summed E-state index contributed by atoms with van der Waals surface area (Å²) in [5, 5.41) is 2.01. The van der Waals surface area contributed by atoms with Crippen LogP contribution in [0.15, 0.2) is 28.7 Å². The second kappa shape index (κ2) is 5.66. The molecule has 4 nitrogen and oxygen atoms in total. The summed E-state index contributed by atoms with van der Waals surface area (Å²) < 4.78 is 7.34. The van der Waals surface area contributed by atoms with Crippen LogP contribution < -0.4 is 10.6 Å². The van der Waals surface area contributed by atoms with E-state index in [1.54, 1.807) is 16.2 Å². The zero-order chi connectivity index (χ0) is 12.7. The molecular weight excluding hydrogens is 352 g/mol. The Kier molecular flexibility index (Phi) is 4.35. The Balaban J connectivity index is 0.00000133. The summed E-state index contributed by atoms with van der Waals surface area (Å²) in [6.45, 7) is 0.886. The first-order chi connectivity index (χ1) is 8.69. The van der Waals surface area contributed by atoms with Gasteiger partial charge >= 0.3 is 6.09 Å². The number of benzene rings is 1. The molecule has 1 atom stereocenters. The first-order valence-corrected chi connectivity index (χ1v) is 7.16. The largest absolute Gasteiger partial charge is 0.443 e. The second-order valence-corrected chi connectivity index (χ2v) is 6.00. The number of amides is 1. The van der Waals surface area contributed by atoms with Gasteiger partial charge in [0.05, 0.1) is 6.54 Å². The lowest BCUT2D eigenvalue weighted by molar-refractivity contribution is 0.145. The Morgan fingerprint density at radius 1 is 1.53 bits per heavy atom. The van der Waals surface area contributed by atoms with E-state index in [9.17, 15) is 4.79 Å². The van der Waals surface area contributed by atoms with Crippen molar-refractivity contribution in [2.45, 2.75) is 6.10 Å². The summed E-state index contributed by atoms with van der Waals surface area (Å²) in [5.41, 5.74) is 5.53. The number of nitrogens with two attached hydrogens (primary N) is 1. The van der Waals surface area contributed by atoms with Gasteiger partial charge in [-0.25, -0.2) is 4.79 Å². The Bertz CT molecular complexity index is 619. The van der Waals surface area contributed by atoms with Crippen LogP contribution in [0.5, 0.6) is 0 Å². The summed E-state index contributed by atoms with van der Waals surface area (Å²) in [6.07, 6.45) is -0.515. The Morgan fingerprint density at radius 3 is 2.95 bits per heavy atom. The highest BCUT2D eigenvalue weighted by molar-refractivity contribution is 9.10. The van der Waals surface area contributed by atoms with Gasteiger partial charge in [0.25, 0.3) is 0 Å². The Labute approximate surface area is 129 Å². The lowest BCUT2D eigenvalue weighted by Gasteiger charge is -2.08. The van der Waals surface area contributed by atoms with E-state index in [0.717, 1.165) is 19.6 Å². The molecule has 3 rings (SSSR count). The zero-order valence-corrected chi connectivity index (χ0v) is 13.1. The van der Waals surface area contributed by atoms with E-state index in [0.29, 0.717) is 13.1 Å². The number of carbonyl (C=O) groups is 1. The van der Waals surface area contributed by atoms with E-state index in [2.05, 4.69) is 15.9 Å². The van der Waals surface area contributed by atoms with Crippen molar-refractivity contribution in [2.24, 2.45) is 5.73 Å². The molecule has 102 valence electrons. The number of hydrogen-bond acceptors (Lipinski definition) is 4. The summed E-state index contributed by atoms with van der Waals surface area (Å²) >= 11 is 5.09. The second-order valence-electron chi connectivity index (χ2n) is 4.09. The van der Waals surface area contributed by atoms with Gasteiger partial charge in [-0.2, -0.15) is 0 Å². The minimum absolute atomic E-state index is 0. The number of fused-ring (bicyclic) bond motifs is 1. The van der Waals surface area contributed by atoms with Crippen LogP contribution in [0.3, 0.4) is 0 Å². The van der Waals surface area contributed by atoms with Crippen molar-refractivity contribution >= 4 is 60.9 Å². The number of halogens is 2. The van der Waals surface area contributed by atoms with Crippen LogP contribution in [0.4, 0.5) is 9.80 Å². The van der Waals surface area contributed by atoms with Gasteiger partial charge in [-0.1, -0.05) is 22.0 Å². The maximum Gasteiger partial charge on any atom is 0.415 e. The summed E-state index contributed by atoms with van der Waals surface area (Å²) in [4.78, 5) is 13.4. The standard InChI is InChI=1S/C12H11BrN2O2S.ClH/c13-9-2-1-3-10-8(9)4-11(18-10)15-6-7(5-14)17-12(15)16;/h1-4,7H,5-6,14H2;1H/t7-;/m1./s1. The number of thiophene rings is 1. The average Bonchev–Trinajstić information content (AvgIpc) is 2.93. The number of nitrogens with zero attached hydrogens (tertiary/aromatic N) is 1. The fraction of sp³-hybridized carbons (Fsp3) is 0.250. The predicted octanol–water partition coefficient (Wildman–Crippen LogP) is 3.37. The van der Waals surface area contributed by atoms with Crippen molar-refractivity contribution in [3.8, 4) is 0 Å². The molecule has 0 bridgehead atoms. The topological polar surface area (TPSA) is 55.6 Å². The van der Waals surface area contributed by atoms with Gasteiger partial charge in [-0.3, -0.25) is 4.90 Å². The molecule has 0 aliphatic carbocycles. The third-order valence-corrected chi connectivity index (χ3v) is 4.71. The van der Waals surface area contributed by atoms with Crippen molar-refractivity contribution in [1.29, 1.82) is 0 Å². The number of carbonyl (C=O) groups excluding carboxylic acids is 1. The molecule has 1 saturated heterocycles. The molecule has 7 heteroatoms. The van der Waals surface area contributed by atoms with E-state index in [1.807, 2.05) is 24.3 Å². The van der Waals surface area contributed by atoms with Crippen molar-refractivity contribution in [1.82, 2.24) is 0 Å². The molecule has 0 unspecified atom stereocenters. The molecule has 0 saturated carbocycles.